The molecule has 1 N–H and O–H groups in total. The zero-order chi connectivity index (χ0) is 18.8. The van der Waals surface area contributed by atoms with Gasteiger partial charge in [0.25, 0.3) is 0 Å². The Morgan fingerprint density at radius 2 is 2.11 bits per heavy atom. The van der Waals surface area contributed by atoms with Gasteiger partial charge in [-0.3, -0.25) is 9.48 Å². The summed E-state index contributed by atoms with van der Waals surface area (Å²) in [6.07, 6.45) is 4.78. The van der Waals surface area contributed by atoms with E-state index >= 15 is 0 Å². The van der Waals surface area contributed by atoms with Gasteiger partial charge in [-0.2, -0.15) is 5.10 Å². The van der Waals surface area contributed by atoms with Gasteiger partial charge in [0.2, 0.25) is 5.91 Å². The average Bonchev–Trinajstić information content (AvgIpc) is 3.42. The van der Waals surface area contributed by atoms with Crippen molar-refractivity contribution < 1.29 is 9.53 Å². The number of carbonyl (C=O) groups excluding carboxylic acids is 1. The van der Waals surface area contributed by atoms with Crippen LogP contribution in [0, 0.1) is 5.92 Å². The maximum Gasteiger partial charge on any atom is 0.226 e. The van der Waals surface area contributed by atoms with Crippen LogP contribution in [-0.4, -0.2) is 35.4 Å². The molecule has 144 valence electrons. The standard InChI is InChI=1S/C21H28N4O2/c1-15(16-6-5-7-17(14-16)25-11-3-4-12-25)23-21(26)18-9-13-27-20(18)19-8-10-22-24(19)2/h5-8,10,14-15,18,20H,3-4,9,11-13H2,1-2H3,(H,23,26)/t15-,18+,20+/m0/s1. The van der Waals surface area contributed by atoms with Gasteiger partial charge in [-0.25, -0.2) is 0 Å². The van der Waals surface area contributed by atoms with Crippen molar-refractivity contribution in [3.63, 3.8) is 0 Å². The van der Waals surface area contributed by atoms with E-state index in [2.05, 4.69) is 46.5 Å². The van der Waals surface area contributed by atoms with Crippen molar-refractivity contribution in [1.82, 2.24) is 15.1 Å². The van der Waals surface area contributed by atoms with Crippen molar-refractivity contribution in [2.75, 3.05) is 24.6 Å². The highest BCUT2D eigenvalue weighted by atomic mass is 16.5. The van der Waals surface area contributed by atoms with Crippen LogP contribution in [0.1, 0.15) is 49.6 Å². The fourth-order valence-electron chi connectivity index (χ4n) is 4.18. The van der Waals surface area contributed by atoms with E-state index in [-0.39, 0.29) is 24.0 Å². The van der Waals surface area contributed by atoms with Crippen molar-refractivity contribution in [3.8, 4) is 0 Å². The Morgan fingerprint density at radius 1 is 1.30 bits per heavy atom. The molecule has 2 aromatic rings. The zero-order valence-corrected chi connectivity index (χ0v) is 16.1. The second kappa shape index (κ2) is 7.72. The summed E-state index contributed by atoms with van der Waals surface area (Å²) in [5.41, 5.74) is 3.35. The summed E-state index contributed by atoms with van der Waals surface area (Å²) in [5.74, 6) is -0.123. The Balaban J connectivity index is 1.44. The van der Waals surface area contributed by atoms with E-state index in [4.69, 9.17) is 4.74 Å². The minimum absolute atomic E-state index is 0.0344. The number of nitrogens with one attached hydrogen (secondary N) is 1. The number of aryl methyl sites for hydroxylation is 1. The van der Waals surface area contributed by atoms with Crippen molar-refractivity contribution in [2.45, 2.75) is 38.3 Å². The number of ether oxygens (including phenoxy) is 1. The predicted octanol–water partition coefficient (Wildman–Crippen LogP) is 2.98. The van der Waals surface area contributed by atoms with Gasteiger partial charge in [0, 0.05) is 38.6 Å². The fourth-order valence-corrected chi connectivity index (χ4v) is 4.18. The van der Waals surface area contributed by atoms with Crippen LogP contribution in [0.4, 0.5) is 5.69 Å². The quantitative estimate of drug-likeness (QED) is 0.881. The minimum atomic E-state index is -0.222. The van der Waals surface area contributed by atoms with Gasteiger partial charge in [0.15, 0.2) is 0 Å². The lowest BCUT2D eigenvalue weighted by atomic mass is 9.97. The summed E-state index contributed by atoms with van der Waals surface area (Å²) in [6.45, 7) is 4.90. The van der Waals surface area contributed by atoms with E-state index in [0.717, 1.165) is 30.8 Å². The van der Waals surface area contributed by atoms with Crippen LogP contribution in [0.3, 0.4) is 0 Å². The molecule has 0 bridgehead atoms. The minimum Gasteiger partial charge on any atom is -0.372 e. The second-order valence-corrected chi connectivity index (χ2v) is 7.59. The van der Waals surface area contributed by atoms with Gasteiger partial charge < -0.3 is 15.0 Å². The SMILES string of the molecule is C[C@H](NC(=O)[C@@H]1CCO[C@H]1c1ccnn1C)c1cccc(N2CCCC2)c1. The largest absolute Gasteiger partial charge is 0.372 e. The van der Waals surface area contributed by atoms with Crippen LogP contribution in [0.15, 0.2) is 36.5 Å². The molecule has 27 heavy (non-hydrogen) atoms. The first-order chi connectivity index (χ1) is 13.1. The molecular formula is C21H28N4O2. The Hall–Kier alpha value is -2.34. The van der Waals surface area contributed by atoms with Gasteiger partial charge in [0.05, 0.1) is 17.7 Å². The average molecular weight is 368 g/mol. The maximum atomic E-state index is 13.0. The molecule has 2 saturated heterocycles. The summed E-state index contributed by atoms with van der Waals surface area (Å²) in [6, 6.07) is 10.4. The number of anilines is 1. The number of rotatable bonds is 5. The van der Waals surface area contributed by atoms with Crippen molar-refractivity contribution >= 4 is 11.6 Å². The number of amides is 1. The topological polar surface area (TPSA) is 59.4 Å². The first-order valence-corrected chi connectivity index (χ1v) is 9.88. The predicted molar refractivity (Wildman–Crippen MR) is 104 cm³/mol. The molecule has 0 saturated carbocycles. The molecule has 1 aromatic heterocycles. The number of carbonyl (C=O) groups is 1. The smallest absolute Gasteiger partial charge is 0.226 e. The number of benzene rings is 1. The molecule has 2 aliphatic rings. The summed E-state index contributed by atoms with van der Waals surface area (Å²) in [7, 11) is 1.89. The zero-order valence-electron chi connectivity index (χ0n) is 16.1. The second-order valence-electron chi connectivity index (χ2n) is 7.59. The first-order valence-electron chi connectivity index (χ1n) is 9.88. The van der Waals surface area contributed by atoms with Gasteiger partial charge in [0.1, 0.15) is 6.10 Å². The molecule has 1 amide bonds. The molecule has 4 rings (SSSR count). The first kappa shape index (κ1) is 18.0. The molecule has 6 heteroatoms. The van der Waals surface area contributed by atoms with Crippen LogP contribution in [0.25, 0.3) is 0 Å². The Morgan fingerprint density at radius 3 is 2.85 bits per heavy atom. The van der Waals surface area contributed by atoms with Crippen LogP contribution >= 0.6 is 0 Å². The summed E-state index contributed by atoms with van der Waals surface area (Å²) in [4.78, 5) is 15.4. The molecule has 0 unspecified atom stereocenters. The molecule has 0 radical (unpaired) electrons. The summed E-state index contributed by atoms with van der Waals surface area (Å²) in [5, 5.41) is 7.41. The molecule has 0 aliphatic carbocycles. The van der Waals surface area contributed by atoms with Gasteiger partial charge >= 0.3 is 0 Å². The molecule has 3 heterocycles. The molecule has 1 aromatic carbocycles. The molecule has 2 fully saturated rings. The lowest BCUT2D eigenvalue weighted by Crippen LogP contribution is -2.34. The van der Waals surface area contributed by atoms with E-state index in [1.807, 2.05) is 13.1 Å². The van der Waals surface area contributed by atoms with Crippen molar-refractivity contribution in [2.24, 2.45) is 13.0 Å². The fraction of sp³-hybridized carbons (Fsp3) is 0.524. The Kier molecular flexibility index (Phi) is 5.16. The third-order valence-corrected chi connectivity index (χ3v) is 5.78. The molecule has 3 atom stereocenters. The number of aromatic nitrogens is 2. The molecule has 2 aliphatic heterocycles. The normalized spacial score (nSPS) is 23.6. The molecule has 6 nitrogen and oxygen atoms in total. The number of hydrogen-bond acceptors (Lipinski definition) is 4. The summed E-state index contributed by atoms with van der Waals surface area (Å²) >= 11 is 0. The van der Waals surface area contributed by atoms with E-state index in [0.29, 0.717) is 6.61 Å². The lowest BCUT2D eigenvalue weighted by Gasteiger charge is -2.23. The maximum absolute atomic E-state index is 13.0. The highest BCUT2D eigenvalue weighted by Crippen LogP contribution is 2.35. The number of hydrogen-bond donors (Lipinski definition) is 1. The summed E-state index contributed by atoms with van der Waals surface area (Å²) < 4.78 is 7.65. The van der Waals surface area contributed by atoms with Crippen molar-refractivity contribution in [3.05, 3.63) is 47.8 Å². The van der Waals surface area contributed by atoms with E-state index in [1.54, 1.807) is 10.9 Å². The van der Waals surface area contributed by atoms with E-state index in [1.165, 1.54) is 18.5 Å². The Labute approximate surface area is 160 Å². The van der Waals surface area contributed by atoms with Crippen LogP contribution < -0.4 is 10.2 Å². The lowest BCUT2D eigenvalue weighted by molar-refractivity contribution is -0.127. The van der Waals surface area contributed by atoms with Gasteiger partial charge in [-0.15, -0.1) is 0 Å². The van der Waals surface area contributed by atoms with Crippen molar-refractivity contribution in [1.29, 1.82) is 0 Å². The Bertz CT molecular complexity index is 797. The third kappa shape index (κ3) is 3.72. The third-order valence-electron chi connectivity index (χ3n) is 5.78. The van der Waals surface area contributed by atoms with Crippen LogP contribution in [0.2, 0.25) is 0 Å². The number of nitrogens with zero attached hydrogens (tertiary/aromatic N) is 3. The molecular weight excluding hydrogens is 340 g/mol. The monoisotopic (exact) mass is 368 g/mol. The molecule has 0 spiro atoms. The highest BCUT2D eigenvalue weighted by molar-refractivity contribution is 5.80. The highest BCUT2D eigenvalue weighted by Gasteiger charge is 2.37. The van der Waals surface area contributed by atoms with E-state index < -0.39 is 0 Å². The van der Waals surface area contributed by atoms with Gasteiger partial charge in [-0.05, 0) is 49.9 Å². The van der Waals surface area contributed by atoms with Gasteiger partial charge in [-0.1, -0.05) is 12.1 Å². The van der Waals surface area contributed by atoms with Crippen LogP contribution in [-0.2, 0) is 16.6 Å². The van der Waals surface area contributed by atoms with E-state index in [9.17, 15) is 4.79 Å². The van der Waals surface area contributed by atoms with Crippen LogP contribution in [0.5, 0.6) is 0 Å².